The van der Waals surface area contributed by atoms with E-state index in [1.165, 1.54) is 0 Å². The topological polar surface area (TPSA) is 253 Å². The first-order valence-corrected chi connectivity index (χ1v) is 11.8. The maximum atomic E-state index is 12.8. The molecule has 11 N–H and O–H groups in total. The van der Waals surface area contributed by atoms with Crippen LogP contribution in [-0.4, -0.2) is 90.2 Å². The molecule has 17 heteroatoms. The molecule has 35 heavy (non-hydrogen) atoms. The van der Waals surface area contributed by atoms with Crippen LogP contribution in [0.5, 0.6) is 0 Å². The fourth-order valence-corrected chi connectivity index (χ4v) is 3.44. The summed E-state index contributed by atoms with van der Waals surface area (Å²) in [6.45, 7) is -0.383. The van der Waals surface area contributed by atoms with E-state index in [1.54, 1.807) is 0 Å². The van der Waals surface area contributed by atoms with E-state index in [9.17, 15) is 28.8 Å². The van der Waals surface area contributed by atoms with Gasteiger partial charge in [0.2, 0.25) is 35.4 Å². The number of hydrogen-bond acceptors (Lipinski definition) is 9. The number of nitrogens with zero attached hydrogens (tertiary/aromatic N) is 1. The summed E-state index contributed by atoms with van der Waals surface area (Å²) in [4.78, 5) is 78.3. The summed E-state index contributed by atoms with van der Waals surface area (Å²) in [7, 11) is 0. The number of thiol groups is 2. The Labute approximate surface area is 212 Å². The Morgan fingerprint density at radius 1 is 0.800 bits per heavy atom. The molecule has 0 spiro atoms. The quantitative estimate of drug-likeness (QED) is 0.0623. The summed E-state index contributed by atoms with van der Waals surface area (Å²) in [5, 5.41) is 11.9. The van der Waals surface area contributed by atoms with Gasteiger partial charge in [-0.15, -0.1) is 0 Å². The van der Waals surface area contributed by atoms with Crippen LogP contribution in [0.1, 0.15) is 19.3 Å². The highest BCUT2D eigenvalue weighted by molar-refractivity contribution is 7.80. The molecule has 1 aliphatic heterocycles. The van der Waals surface area contributed by atoms with E-state index in [4.69, 9.17) is 17.2 Å². The molecule has 0 unspecified atom stereocenters. The van der Waals surface area contributed by atoms with Crippen molar-refractivity contribution in [2.75, 3.05) is 24.6 Å². The fourth-order valence-electron chi connectivity index (χ4n) is 2.92. The lowest BCUT2D eigenvalue weighted by atomic mass is 10.1. The van der Waals surface area contributed by atoms with Crippen LogP contribution in [0.25, 0.3) is 0 Å². The van der Waals surface area contributed by atoms with E-state index in [0.29, 0.717) is 6.42 Å². The SMILES string of the molecule is NC(=O)C[C@@H]1NC(=O)[C@H](CS)NC(=O)[C@H](CS)NC(=O)[C@H](CCCN=C(N)N)NC(=O)CNC1=O. The van der Waals surface area contributed by atoms with Crippen molar-refractivity contribution < 1.29 is 28.8 Å². The number of amides is 6. The molecule has 1 saturated heterocycles. The summed E-state index contributed by atoms with van der Waals surface area (Å²) in [6.07, 6.45) is -0.146. The zero-order valence-corrected chi connectivity index (χ0v) is 20.6. The average molecular weight is 534 g/mol. The Kier molecular flexibility index (Phi) is 12.7. The minimum absolute atomic E-state index is 0.104. The summed E-state index contributed by atoms with van der Waals surface area (Å²) in [5.41, 5.74) is 15.7. The third-order valence-electron chi connectivity index (χ3n) is 4.69. The van der Waals surface area contributed by atoms with Gasteiger partial charge in [-0.3, -0.25) is 33.8 Å². The lowest BCUT2D eigenvalue weighted by Gasteiger charge is -2.24. The molecule has 196 valence electrons. The van der Waals surface area contributed by atoms with Gasteiger partial charge >= 0.3 is 0 Å². The first-order valence-electron chi connectivity index (χ1n) is 10.5. The molecule has 15 nitrogen and oxygen atoms in total. The van der Waals surface area contributed by atoms with Crippen molar-refractivity contribution in [1.29, 1.82) is 0 Å². The highest BCUT2D eigenvalue weighted by Gasteiger charge is 2.31. The normalized spacial score (nSPS) is 24.5. The standard InChI is InChI=1S/C18H31N9O6S2/c19-12(28)4-9-14(30)23-5-13(29)24-8(2-1-3-22-18(20)21)15(31)26-11(7-35)17(33)27-10(6-34)16(32)25-9/h8-11,34-35H,1-7H2,(H2,19,28)(H,23,30)(H,24,29)(H,25,32)(H,26,31)(H,27,33)(H4,20,21,22)/t8-,9-,10-,11-/m0/s1. The number of aliphatic imine (C=N–C) groups is 1. The molecule has 1 heterocycles. The van der Waals surface area contributed by atoms with E-state index >= 15 is 0 Å². The van der Waals surface area contributed by atoms with E-state index in [2.05, 4.69) is 56.8 Å². The Hall–Kier alpha value is -3.21. The van der Waals surface area contributed by atoms with Crippen LogP contribution >= 0.6 is 25.3 Å². The zero-order valence-electron chi connectivity index (χ0n) is 18.8. The fraction of sp³-hybridized carbons (Fsp3) is 0.611. The van der Waals surface area contributed by atoms with Gasteiger partial charge in [-0.05, 0) is 12.8 Å². The van der Waals surface area contributed by atoms with Crippen molar-refractivity contribution in [2.24, 2.45) is 22.2 Å². The Balaban J connectivity index is 3.20. The Bertz CT molecular complexity index is 852. The largest absolute Gasteiger partial charge is 0.370 e. The third kappa shape index (κ3) is 10.7. The Morgan fingerprint density at radius 3 is 1.80 bits per heavy atom. The predicted octanol–water partition coefficient (Wildman–Crippen LogP) is -5.16. The molecule has 0 radical (unpaired) electrons. The highest BCUT2D eigenvalue weighted by atomic mass is 32.1. The number of nitrogens with two attached hydrogens (primary N) is 3. The van der Waals surface area contributed by atoms with Gasteiger partial charge in [0.15, 0.2) is 5.96 Å². The number of nitrogens with one attached hydrogen (secondary N) is 5. The van der Waals surface area contributed by atoms with Crippen molar-refractivity contribution in [2.45, 2.75) is 43.4 Å². The molecular weight excluding hydrogens is 502 g/mol. The maximum Gasteiger partial charge on any atom is 0.244 e. The van der Waals surface area contributed by atoms with E-state index in [0.717, 1.165) is 0 Å². The van der Waals surface area contributed by atoms with E-state index in [1.807, 2.05) is 0 Å². The Morgan fingerprint density at radius 2 is 1.31 bits per heavy atom. The van der Waals surface area contributed by atoms with Crippen molar-refractivity contribution in [3.8, 4) is 0 Å². The molecule has 0 aromatic heterocycles. The molecule has 1 fully saturated rings. The van der Waals surface area contributed by atoms with Crippen LogP contribution < -0.4 is 43.8 Å². The van der Waals surface area contributed by atoms with Gasteiger partial charge in [-0.2, -0.15) is 25.3 Å². The second-order valence-electron chi connectivity index (χ2n) is 7.51. The third-order valence-corrected chi connectivity index (χ3v) is 5.42. The van der Waals surface area contributed by atoms with Gasteiger partial charge in [0.05, 0.1) is 13.0 Å². The second kappa shape index (κ2) is 14.9. The maximum absolute atomic E-state index is 12.8. The van der Waals surface area contributed by atoms with Gasteiger partial charge in [-0.25, -0.2) is 0 Å². The summed E-state index contributed by atoms with van der Waals surface area (Å²) in [5.74, 6) is -5.19. The average Bonchev–Trinajstić information content (AvgIpc) is 2.79. The molecule has 1 aliphatic rings. The molecular formula is C18H31N9O6S2. The first-order chi connectivity index (χ1) is 16.5. The summed E-state index contributed by atoms with van der Waals surface area (Å²) >= 11 is 8.12. The number of primary amides is 1. The monoisotopic (exact) mass is 533 g/mol. The van der Waals surface area contributed by atoms with Crippen molar-refractivity contribution in [1.82, 2.24) is 26.6 Å². The van der Waals surface area contributed by atoms with Gasteiger partial charge in [0.25, 0.3) is 0 Å². The van der Waals surface area contributed by atoms with Gasteiger partial charge in [0, 0.05) is 18.1 Å². The van der Waals surface area contributed by atoms with Crippen LogP contribution in [-0.2, 0) is 28.8 Å². The van der Waals surface area contributed by atoms with Gasteiger partial charge in [0.1, 0.15) is 24.2 Å². The van der Waals surface area contributed by atoms with Crippen LogP contribution in [0.2, 0.25) is 0 Å². The molecule has 0 saturated carbocycles. The minimum Gasteiger partial charge on any atom is -0.370 e. The first kappa shape index (κ1) is 29.8. The highest BCUT2D eigenvalue weighted by Crippen LogP contribution is 2.03. The number of guanidine groups is 1. The van der Waals surface area contributed by atoms with Gasteiger partial charge in [-0.1, -0.05) is 0 Å². The lowest BCUT2D eigenvalue weighted by molar-refractivity contribution is -0.134. The van der Waals surface area contributed by atoms with Crippen molar-refractivity contribution in [3.63, 3.8) is 0 Å². The van der Waals surface area contributed by atoms with Crippen molar-refractivity contribution in [3.05, 3.63) is 0 Å². The molecule has 1 rings (SSSR count). The molecule has 0 aromatic rings. The molecule has 0 aliphatic carbocycles. The number of carbonyl (C=O) groups excluding carboxylic acids is 6. The predicted molar refractivity (Wildman–Crippen MR) is 132 cm³/mol. The molecule has 6 amide bonds. The minimum atomic E-state index is -1.41. The van der Waals surface area contributed by atoms with Crippen LogP contribution in [0.3, 0.4) is 0 Å². The number of rotatable bonds is 8. The zero-order chi connectivity index (χ0) is 26.5. The van der Waals surface area contributed by atoms with E-state index in [-0.39, 0.29) is 30.4 Å². The van der Waals surface area contributed by atoms with Crippen LogP contribution in [0.4, 0.5) is 0 Å². The number of carbonyl (C=O) groups is 6. The molecule has 4 atom stereocenters. The van der Waals surface area contributed by atoms with Crippen LogP contribution in [0.15, 0.2) is 4.99 Å². The summed E-state index contributed by atoms with van der Waals surface area (Å²) < 4.78 is 0. The molecule has 0 aromatic carbocycles. The van der Waals surface area contributed by atoms with E-state index < -0.39 is 72.6 Å². The molecule has 0 bridgehead atoms. The van der Waals surface area contributed by atoms with Gasteiger partial charge < -0.3 is 43.8 Å². The lowest BCUT2D eigenvalue weighted by Crippen LogP contribution is -2.58. The number of hydrogen-bond donors (Lipinski definition) is 10. The van der Waals surface area contributed by atoms with Crippen LogP contribution in [0, 0.1) is 0 Å². The van der Waals surface area contributed by atoms with Crippen molar-refractivity contribution >= 4 is 66.7 Å². The summed E-state index contributed by atoms with van der Waals surface area (Å²) in [6, 6.07) is -4.89. The smallest absolute Gasteiger partial charge is 0.244 e. The second-order valence-corrected chi connectivity index (χ2v) is 8.24.